The molecule has 26 heavy (non-hydrogen) atoms. The molecule has 1 aromatic heterocycles. The molecule has 1 unspecified atom stereocenters. The van der Waals surface area contributed by atoms with Gasteiger partial charge in [0.25, 0.3) is 0 Å². The highest BCUT2D eigenvalue weighted by molar-refractivity contribution is 7.99. The molecular weight excluding hydrogens is 366 g/mol. The monoisotopic (exact) mass is 397 g/mol. The number of ether oxygens (including phenoxy) is 1. The van der Waals surface area contributed by atoms with Crippen LogP contribution in [0.4, 0.5) is 0 Å². The number of rotatable bonds is 6. The number of nitrogens with zero attached hydrogens (tertiary/aromatic N) is 3. The van der Waals surface area contributed by atoms with Crippen molar-refractivity contribution in [3.05, 3.63) is 16.1 Å². The highest BCUT2D eigenvalue weighted by atomic mass is 32.2. The zero-order chi connectivity index (χ0) is 18.4. The van der Waals surface area contributed by atoms with Gasteiger partial charge < -0.3 is 15.4 Å². The van der Waals surface area contributed by atoms with Crippen molar-refractivity contribution in [3.8, 4) is 0 Å². The van der Waals surface area contributed by atoms with Crippen LogP contribution in [0.25, 0.3) is 0 Å². The first-order valence-corrected chi connectivity index (χ1v) is 11.5. The number of guanidine groups is 1. The maximum atomic E-state index is 5.55. The van der Waals surface area contributed by atoms with Gasteiger partial charge in [-0.1, -0.05) is 13.8 Å². The molecule has 2 aliphatic heterocycles. The molecule has 1 atom stereocenters. The predicted molar refractivity (Wildman–Crippen MR) is 111 cm³/mol. The Morgan fingerprint density at radius 3 is 2.81 bits per heavy atom. The van der Waals surface area contributed by atoms with Crippen LogP contribution >= 0.6 is 23.1 Å². The van der Waals surface area contributed by atoms with Gasteiger partial charge in [-0.05, 0) is 18.1 Å². The van der Waals surface area contributed by atoms with Crippen molar-refractivity contribution in [3.63, 3.8) is 0 Å². The fourth-order valence-electron chi connectivity index (χ4n) is 3.43. The Labute approximate surface area is 165 Å². The van der Waals surface area contributed by atoms with Gasteiger partial charge in [0.2, 0.25) is 0 Å². The molecule has 6 nitrogen and oxygen atoms in total. The van der Waals surface area contributed by atoms with Crippen LogP contribution in [0.1, 0.15) is 36.9 Å². The van der Waals surface area contributed by atoms with E-state index in [9.17, 15) is 0 Å². The van der Waals surface area contributed by atoms with E-state index < -0.39 is 0 Å². The average molecular weight is 398 g/mol. The van der Waals surface area contributed by atoms with E-state index in [1.165, 1.54) is 23.6 Å². The fraction of sp³-hybridized carbons (Fsp3) is 0.778. The van der Waals surface area contributed by atoms with Gasteiger partial charge in [-0.2, -0.15) is 11.8 Å². The van der Waals surface area contributed by atoms with Crippen LogP contribution in [-0.2, 0) is 11.3 Å². The largest absolute Gasteiger partial charge is 0.379 e. The van der Waals surface area contributed by atoms with Crippen molar-refractivity contribution < 1.29 is 4.74 Å². The van der Waals surface area contributed by atoms with E-state index in [-0.39, 0.29) is 5.54 Å². The minimum Gasteiger partial charge on any atom is -0.379 e. The summed E-state index contributed by atoms with van der Waals surface area (Å²) in [5, 5.41) is 10.2. The van der Waals surface area contributed by atoms with E-state index in [0.29, 0.717) is 5.92 Å². The molecule has 0 aromatic carbocycles. The molecule has 0 bridgehead atoms. The topological polar surface area (TPSA) is 61.8 Å². The summed E-state index contributed by atoms with van der Waals surface area (Å²) in [6.07, 6.45) is 1.23. The molecule has 0 saturated carbocycles. The van der Waals surface area contributed by atoms with Crippen LogP contribution in [0.15, 0.2) is 10.4 Å². The molecule has 0 amide bonds. The van der Waals surface area contributed by atoms with E-state index in [1.54, 1.807) is 11.3 Å². The molecule has 2 aliphatic rings. The Hall–Kier alpha value is -0.830. The van der Waals surface area contributed by atoms with Crippen molar-refractivity contribution >= 4 is 29.1 Å². The van der Waals surface area contributed by atoms with Gasteiger partial charge in [0.05, 0.1) is 25.5 Å². The first-order valence-electron chi connectivity index (χ1n) is 9.42. The highest BCUT2D eigenvalue weighted by Gasteiger charge is 2.40. The maximum absolute atomic E-state index is 5.55. The van der Waals surface area contributed by atoms with Gasteiger partial charge in [0, 0.05) is 43.4 Å². The number of thiazole rings is 1. The van der Waals surface area contributed by atoms with Gasteiger partial charge in [-0.25, -0.2) is 4.98 Å². The molecule has 0 spiro atoms. The smallest absolute Gasteiger partial charge is 0.191 e. The van der Waals surface area contributed by atoms with Crippen molar-refractivity contribution in [1.82, 2.24) is 20.5 Å². The number of morpholine rings is 1. The fourth-order valence-corrected chi connectivity index (χ4v) is 5.81. The maximum Gasteiger partial charge on any atom is 0.191 e. The molecule has 3 heterocycles. The summed E-state index contributed by atoms with van der Waals surface area (Å²) in [5.74, 6) is 3.75. The van der Waals surface area contributed by atoms with E-state index >= 15 is 0 Å². The SMILES string of the molecule is CN=C(NCc1nc(C(C)C)cs1)NCC1(N2CCOCC2)CCSC1. The van der Waals surface area contributed by atoms with Crippen LogP contribution in [-0.4, -0.2) is 72.8 Å². The normalized spacial score (nSPS) is 25.0. The average Bonchev–Trinajstić information content (AvgIpc) is 3.33. The van der Waals surface area contributed by atoms with Crippen LogP contribution in [0.3, 0.4) is 0 Å². The van der Waals surface area contributed by atoms with Crippen LogP contribution < -0.4 is 10.6 Å². The predicted octanol–water partition coefficient (Wildman–Crippen LogP) is 2.14. The van der Waals surface area contributed by atoms with Crippen molar-refractivity contribution in [1.29, 1.82) is 0 Å². The quantitative estimate of drug-likeness (QED) is 0.566. The Morgan fingerprint density at radius 1 is 1.38 bits per heavy atom. The molecule has 2 fully saturated rings. The third kappa shape index (κ3) is 4.91. The second kappa shape index (κ2) is 9.39. The second-order valence-corrected chi connectivity index (χ2v) is 9.27. The van der Waals surface area contributed by atoms with Gasteiger partial charge >= 0.3 is 0 Å². The number of hydrogen-bond acceptors (Lipinski definition) is 6. The third-order valence-electron chi connectivity index (χ3n) is 5.14. The lowest BCUT2D eigenvalue weighted by molar-refractivity contribution is -0.0120. The van der Waals surface area contributed by atoms with E-state index in [1.807, 2.05) is 7.05 Å². The third-order valence-corrected chi connectivity index (χ3v) is 7.24. The van der Waals surface area contributed by atoms with Crippen LogP contribution in [0.5, 0.6) is 0 Å². The summed E-state index contributed by atoms with van der Waals surface area (Å²) in [4.78, 5) is 11.7. The molecule has 146 valence electrons. The van der Waals surface area contributed by atoms with Crippen molar-refractivity contribution in [2.45, 2.75) is 38.3 Å². The van der Waals surface area contributed by atoms with E-state index in [2.05, 4.69) is 56.5 Å². The van der Waals surface area contributed by atoms with Gasteiger partial charge in [-0.3, -0.25) is 9.89 Å². The molecule has 1 aromatic rings. The molecule has 0 radical (unpaired) electrons. The zero-order valence-corrected chi connectivity index (χ0v) is 17.7. The van der Waals surface area contributed by atoms with Crippen LogP contribution in [0.2, 0.25) is 0 Å². The van der Waals surface area contributed by atoms with Gasteiger partial charge in [0.1, 0.15) is 5.01 Å². The lowest BCUT2D eigenvalue weighted by atomic mass is 9.95. The van der Waals surface area contributed by atoms with E-state index in [0.717, 1.165) is 50.4 Å². The number of nitrogens with one attached hydrogen (secondary N) is 2. The summed E-state index contributed by atoms with van der Waals surface area (Å²) in [7, 11) is 1.83. The Bertz CT molecular complexity index is 592. The standard InChI is InChI=1S/C18H31N5OS2/c1-14(2)15-11-26-16(22-15)10-20-17(19-3)21-12-18(4-9-25-13-18)23-5-7-24-8-6-23/h11,14H,4-10,12-13H2,1-3H3,(H2,19,20,21). The summed E-state index contributed by atoms with van der Waals surface area (Å²) in [5.41, 5.74) is 1.39. The minimum absolute atomic E-state index is 0.220. The lowest BCUT2D eigenvalue weighted by Gasteiger charge is -2.43. The van der Waals surface area contributed by atoms with Gasteiger partial charge in [0.15, 0.2) is 5.96 Å². The van der Waals surface area contributed by atoms with E-state index in [4.69, 9.17) is 4.74 Å². The Morgan fingerprint density at radius 2 is 2.19 bits per heavy atom. The van der Waals surface area contributed by atoms with Crippen LogP contribution in [0, 0.1) is 0 Å². The molecule has 0 aliphatic carbocycles. The number of hydrogen-bond donors (Lipinski definition) is 2. The number of aliphatic imine (C=N–C) groups is 1. The molecule has 2 saturated heterocycles. The lowest BCUT2D eigenvalue weighted by Crippen LogP contribution is -2.60. The summed E-state index contributed by atoms with van der Waals surface area (Å²) < 4.78 is 5.55. The molecular formula is C18H31N5OS2. The summed E-state index contributed by atoms with van der Waals surface area (Å²) in [6.45, 7) is 9.76. The van der Waals surface area contributed by atoms with Gasteiger partial charge in [-0.15, -0.1) is 11.3 Å². The Balaban J connectivity index is 1.53. The van der Waals surface area contributed by atoms with Crippen molar-refractivity contribution in [2.24, 2.45) is 4.99 Å². The minimum atomic E-state index is 0.220. The zero-order valence-electron chi connectivity index (χ0n) is 16.1. The van der Waals surface area contributed by atoms with Crippen molar-refractivity contribution in [2.75, 3.05) is 51.4 Å². The number of aromatic nitrogens is 1. The summed E-state index contributed by atoms with van der Waals surface area (Å²) >= 11 is 3.77. The molecule has 3 rings (SSSR count). The Kier molecular flexibility index (Phi) is 7.19. The summed E-state index contributed by atoms with van der Waals surface area (Å²) in [6, 6.07) is 0. The second-order valence-electron chi connectivity index (χ2n) is 7.23. The molecule has 8 heteroatoms. The molecule has 2 N–H and O–H groups in total. The highest BCUT2D eigenvalue weighted by Crippen LogP contribution is 2.33. The number of thioether (sulfide) groups is 1. The first kappa shape index (κ1) is 19.9. The first-order chi connectivity index (χ1) is 12.6.